The van der Waals surface area contributed by atoms with Crippen molar-refractivity contribution in [3.63, 3.8) is 0 Å². The van der Waals surface area contributed by atoms with E-state index in [4.69, 9.17) is 0 Å². The maximum atomic E-state index is 12.6. The first kappa shape index (κ1) is 12.4. The van der Waals surface area contributed by atoms with E-state index in [1.54, 1.807) is 19.1 Å². The van der Waals surface area contributed by atoms with Gasteiger partial charge in [-0.15, -0.1) is 0 Å². The topological polar surface area (TPSA) is 17.8 Å². The maximum absolute atomic E-state index is 12.6. The van der Waals surface area contributed by atoms with Gasteiger partial charge in [0.2, 0.25) is 0 Å². The fraction of sp³-hybridized carbons (Fsp3) is 0.182. The third-order valence-electron chi connectivity index (χ3n) is 2.28. The Hall–Kier alpha value is -1.05. The number of aromatic nitrogens is 2. The molecule has 2 nitrogen and oxygen atoms in total. The van der Waals surface area contributed by atoms with Crippen molar-refractivity contribution in [2.24, 2.45) is 0 Å². The summed E-state index contributed by atoms with van der Waals surface area (Å²) in [6.07, 6.45) is -4.33. The monoisotopic (exact) mass is 352 g/mol. The van der Waals surface area contributed by atoms with Crippen LogP contribution in [0.15, 0.2) is 30.3 Å². The molecule has 6 heteroatoms. The summed E-state index contributed by atoms with van der Waals surface area (Å²) in [6, 6.07) is 6.93. The van der Waals surface area contributed by atoms with E-state index in [0.29, 0.717) is 5.69 Å². The van der Waals surface area contributed by atoms with Gasteiger partial charge in [0.25, 0.3) is 0 Å². The maximum Gasteiger partial charge on any atom is 0.416 e. The van der Waals surface area contributed by atoms with Gasteiger partial charge in [-0.05, 0) is 53.8 Å². The van der Waals surface area contributed by atoms with Crippen LogP contribution >= 0.6 is 22.6 Å². The highest BCUT2D eigenvalue weighted by Gasteiger charge is 2.30. The van der Waals surface area contributed by atoms with Gasteiger partial charge in [-0.25, -0.2) is 4.68 Å². The average Bonchev–Trinajstić information content (AvgIpc) is 2.57. The molecule has 0 saturated carbocycles. The van der Waals surface area contributed by atoms with Crippen LogP contribution in [0, 0.1) is 10.6 Å². The van der Waals surface area contributed by atoms with Gasteiger partial charge < -0.3 is 0 Å². The minimum Gasteiger partial charge on any atom is -0.237 e. The van der Waals surface area contributed by atoms with Crippen LogP contribution in [0.1, 0.15) is 11.3 Å². The van der Waals surface area contributed by atoms with Crippen molar-refractivity contribution in [2.75, 3.05) is 0 Å². The van der Waals surface area contributed by atoms with Crippen LogP contribution < -0.4 is 0 Å². The van der Waals surface area contributed by atoms with Crippen LogP contribution in [0.3, 0.4) is 0 Å². The molecule has 90 valence electrons. The minimum absolute atomic E-state index is 0.417. The second-order valence-corrected chi connectivity index (χ2v) is 4.67. The lowest BCUT2D eigenvalue weighted by Gasteiger charge is -2.09. The molecule has 0 unspecified atom stereocenters. The highest BCUT2D eigenvalue weighted by molar-refractivity contribution is 14.1. The fourth-order valence-corrected chi connectivity index (χ4v) is 2.18. The third kappa shape index (κ3) is 2.62. The summed E-state index contributed by atoms with van der Waals surface area (Å²) in [5.74, 6) is 0. The summed E-state index contributed by atoms with van der Waals surface area (Å²) >= 11 is 2.02. The Kier molecular flexibility index (Phi) is 3.15. The average molecular weight is 352 g/mol. The van der Waals surface area contributed by atoms with E-state index in [0.717, 1.165) is 21.5 Å². The largest absolute Gasteiger partial charge is 0.416 e. The van der Waals surface area contributed by atoms with Gasteiger partial charge in [0.15, 0.2) is 0 Å². The zero-order valence-electron chi connectivity index (χ0n) is 8.79. The molecule has 0 spiro atoms. The molecule has 0 bridgehead atoms. The highest BCUT2D eigenvalue weighted by atomic mass is 127. The van der Waals surface area contributed by atoms with Gasteiger partial charge in [0.1, 0.15) is 3.70 Å². The fourth-order valence-electron chi connectivity index (χ4n) is 1.51. The van der Waals surface area contributed by atoms with E-state index in [9.17, 15) is 13.2 Å². The molecule has 2 rings (SSSR count). The molecule has 0 fully saturated rings. The Balaban J connectivity index is 2.50. The first-order valence-corrected chi connectivity index (χ1v) is 5.85. The van der Waals surface area contributed by atoms with Crippen molar-refractivity contribution in [3.8, 4) is 5.69 Å². The zero-order chi connectivity index (χ0) is 12.6. The highest BCUT2D eigenvalue weighted by Crippen LogP contribution is 2.30. The molecule has 0 aliphatic heterocycles. The van der Waals surface area contributed by atoms with Gasteiger partial charge >= 0.3 is 6.18 Å². The van der Waals surface area contributed by atoms with E-state index in [2.05, 4.69) is 5.10 Å². The number of benzene rings is 1. The third-order valence-corrected chi connectivity index (χ3v) is 2.80. The normalized spacial score (nSPS) is 11.8. The summed E-state index contributed by atoms with van der Waals surface area (Å²) in [4.78, 5) is 0. The van der Waals surface area contributed by atoms with Crippen molar-refractivity contribution in [2.45, 2.75) is 13.1 Å². The number of nitrogens with zero attached hydrogens (tertiary/aromatic N) is 2. The molecule has 0 saturated heterocycles. The molecule has 1 heterocycles. The lowest BCUT2D eigenvalue weighted by atomic mass is 10.2. The van der Waals surface area contributed by atoms with Crippen LogP contribution in [0.4, 0.5) is 13.2 Å². The van der Waals surface area contributed by atoms with Crippen molar-refractivity contribution in [1.82, 2.24) is 9.78 Å². The van der Waals surface area contributed by atoms with Crippen molar-refractivity contribution in [3.05, 3.63) is 45.3 Å². The Morgan fingerprint density at radius 3 is 2.47 bits per heavy atom. The molecule has 17 heavy (non-hydrogen) atoms. The SMILES string of the molecule is Cc1cc(I)nn1-c1cccc(C(F)(F)F)c1. The van der Waals surface area contributed by atoms with E-state index in [1.807, 2.05) is 22.6 Å². The predicted octanol–water partition coefficient (Wildman–Crippen LogP) is 3.80. The Bertz CT molecular complexity index is 546. The Morgan fingerprint density at radius 2 is 1.94 bits per heavy atom. The van der Waals surface area contributed by atoms with Crippen LogP contribution in [0.25, 0.3) is 5.69 Å². The minimum atomic E-state index is -4.33. The van der Waals surface area contributed by atoms with Crippen LogP contribution in [0.2, 0.25) is 0 Å². The summed E-state index contributed by atoms with van der Waals surface area (Å²) in [7, 11) is 0. The number of rotatable bonds is 1. The molecule has 0 radical (unpaired) electrons. The van der Waals surface area contributed by atoms with Crippen molar-refractivity contribution < 1.29 is 13.2 Å². The van der Waals surface area contributed by atoms with Gasteiger partial charge in [0.05, 0.1) is 11.3 Å². The van der Waals surface area contributed by atoms with E-state index < -0.39 is 11.7 Å². The first-order valence-electron chi connectivity index (χ1n) is 4.78. The molecule has 0 amide bonds. The van der Waals surface area contributed by atoms with Gasteiger partial charge in [-0.3, -0.25) is 0 Å². The number of aryl methyl sites for hydroxylation is 1. The van der Waals surface area contributed by atoms with Crippen LogP contribution in [-0.2, 0) is 6.18 Å². The number of hydrogen-bond acceptors (Lipinski definition) is 1. The van der Waals surface area contributed by atoms with E-state index >= 15 is 0 Å². The standard InChI is InChI=1S/C11H8F3IN2/c1-7-5-10(15)16-17(7)9-4-2-3-8(6-9)11(12,13)14/h2-6H,1H3. The molecule has 0 atom stereocenters. The van der Waals surface area contributed by atoms with Crippen LogP contribution in [0.5, 0.6) is 0 Å². The predicted molar refractivity (Wildman–Crippen MR) is 66.0 cm³/mol. The van der Waals surface area contributed by atoms with E-state index in [-0.39, 0.29) is 0 Å². The quantitative estimate of drug-likeness (QED) is 0.714. The number of hydrogen-bond donors (Lipinski definition) is 0. The van der Waals surface area contributed by atoms with E-state index in [1.165, 1.54) is 10.7 Å². The molecular weight excluding hydrogens is 344 g/mol. The molecule has 2 aromatic rings. The summed E-state index contributed by atoms with van der Waals surface area (Å²) < 4.78 is 39.9. The lowest BCUT2D eigenvalue weighted by Crippen LogP contribution is -2.07. The number of alkyl halides is 3. The van der Waals surface area contributed by atoms with Crippen LogP contribution in [-0.4, -0.2) is 9.78 Å². The zero-order valence-corrected chi connectivity index (χ0v) is 11.0. The second kappa shape index (κ2) is 4.32. The van der Waals surface area contributed by atoms with Gasteiger partial charge in [-0.1, -0.05) is 6.07 Å². The summed E-state index contributed by atoms with van der Waals surface area (Å²) in [5.41, 5.74) is 0.550. The van der Waals surface area contributed by atoms with Crippen molar-refractivity contribution >= 4 is 22.6 Å². The molecule has 0 N–H and O–H groups in total. The molecule has 0 aliphatic rings. The molecule has 1 aromatic carbocycles. The second-order valence-electron chi connectivity index (χ2n) is 3.57. The summed E-state index contributed by atoms with van der Waals surface area (Å²) in [5, 5.41) is 4.14. The smallest absolute Gasteiger partial charge is 0.237 e. The summed E-state index contributed by atoms with van der Waals surface area (Å²) in [6.45, 7) is 1.80. The van der Waals surface area contributed by atoms with Crippen molar-refractivity contribution in [1.29, 1.82) is 0 Å². The lowest BCUT2D eigenvalue weighted by molar-refractivity contribution is -0.137. The molecular formula is C11H8F3IN2. The Morgan fingerprint density at radius 1 is 1.24 bits per heavy atom. The Labute approximate surface area is 110 Å². The molecule has 1 aromatic heterocycles. The van der Waals surface area contributed by atoms with Gasteiger partial charge in [0, 0.05) is 5.69 Å². The van der Waals surface area contributed by atoms with Gasteiger partial charge in [-0.2, -0.15) is 18.3 Å². The molecule has 0 aliphatic carbocycles. The first-order chi connectivity index (χ1) is 7.88. The number of halogens is 4.